The molecule has 1 heterocycles. The Morgan fingerprint density at radius 3 is 2.61 bits per heavy atom. The number of pyridine rings is 1. The highest BCUT2D eigenvalue weighted by Crippen LogP contribution is 2.20. The van der Waals surface area contributed by atoms with E-state index in [4.69, 9.17) is 11.8 Å². The van der Waals surface area contributed by atoms with Crippen LogP contribution in [0.2, 0.25) is 0 Å². The smallest absolute Gasteiger partial charge is 0.169 e. The minimum atomic E-state index is -3.17. The van der Waals surface area contributed by atoms with Gasteiger partial charge in [-0.1, -0.05) is 31.2 Å². The molecule has 1 aromatic carbocycles. The van der Waals surface area contributed by atoms with Crippen molar-refractivity contribution in [1.82, 2.24) is 4.98 Å². The fourth-order valence-electron chi connectivity index (χ4n) is 1.53. The van der Waals surface area contributed by atoms with Crippen LogP contribution in [0, 0.1) is 0 Å². The standard InChI is InChI=1S/C12H13ClN2O2S/c1-2-18(16,17)9-15(13)12-7-10-5-3-4-6-11(10)8-14-12/h3-8H,2,9H2,1H3. The van der Waals surface area contributed by atoms with Gasteiger partial charge in [-0.05, 0) is 11.5 Å². The molecule has 0 radical (unpaired) electrons. The van der Waals surface area contributed by atoms with Gasteiger partial charge in [0.1, 0.15) is 11.7 Å². The second kappa shape index (κ2) is 5.12. The van der Waals surface area contributed by atoms with Crippen molar-refractivity contribution in [3.63, 3.8) is 0 Å². The molecule has 0 bridgehead atoms. The molecule has 2 rings (SSSR count). The number of hydrogen-bond donors (Lipinski definition) is 0. The molecule has 2 aromatic rings. The topological polar surface area (TPSA) is 50.3 Å². The van der Waals surface area contributed by atoms with Gasteiger partial charge in [-0.2, -0.15) is 0 Å². The molecule has 0 amide bonds. The molecule has 0 atom stereocenters. The molecule has 0 aliphatic carbocycles. The summed E-state index contributed by atoms with van der Waals surface area (Å²) in [6.07, 6.45) is 1.68. The zero-order chi connectivity index (χ0) is 13.2. The van der Waals surface area contributed by atoms with Crippen molar-refractivity contribution in [1.29, 1.82) is 0 Å². The molecule has 0 aliphatic rings. The number of hydrogen-bond acceptors (Lipinski definition) is 4. The maximum absolute atomic E-state index is 11.5. The summed E-state index contributed by atoms with van der Waals surface area (Å²) in [7, 11) is -3.17. The molecule has 0 aliphatic heterocycles. The average molecular weight is 285 g/mol. The van der Waals surface area contributed by atoms with Gasteiger partial charge < -0.3 is 0 Å². The molecule has 0 saturated carbocycles. The molecular formula is C12H13ClN2O2S. The normalized spacial score (nSPS) is 11.7. The Balaban J connectivity index is 2.31. The maximum atomic E-state index is 11.5. The first kappa shape index (κ1) is 13.1. The molecule has 0 unspecified atom stereocenters. The lowest BCUT2D eigenvalue weighted by atomic mass is 10.2. The zero-order valence-electron chi connectivity index (χ0n) is 9.88. The first-order valence-electron chi connectivity index (χ1n) is 5.50. The third-order valence-corrected chi connectivity index (χ3v) is 4.58. The van der Waals surface area contributed by atoms with Crippen LogP contribution in [-0.2, 0) is 9.84 Å². The maximum Gasteiger partial charge on any atom is 0.169 e. The SMILES string of the molecule is CCS(=O)(=O)CN(Cl)c1cc2ccccc2cn1. The van der Waals surface area contributed by atoms with Crippen LogP contribution in [0.1, 0.15) is 6.92 Å². The molecule has 6 heteroatoms. The summed E-state index contributed by atoms with van der Waals surface area (Å²) in [6.45, 7) is 1.59. The monoisotopic (exact) mass is 284 g/mol. The van der Waals surface area contributed by atoms with Gasteiger partial charge in [0.15, 0.2) is 9.84 Å². The quantitative estimate of drug-likeness (QED) is 0.810. The highest BCUT2D eigenvalue weighted by molar-refractivity contribution is 7.91. The molecule has 1 aromatic heterocycles. The summed E-state index contributed by atoms with van der Waals surface area (Å²) < 4.78 is 24.1. The third kappa shape index (κ3) is 2.91. The van der Waals surface area contributed by atoms with Crippen LogP contribution in [0.15, 0.2) is 36.5 Å². The van der Waals surface area contributed by atoms with E-state index in [1.165, 1.54) is 0 Å². The predicted molar refractivity (Wildman–Crippen MR) is 74.4 cm³/mol. The predicted octanol–water partition coefficient (Wildman–Crippen LogP) is 2.59. The largest absolute Gasteiger partial charge is 0.253 e. The van der Waals surface area contributed by atoms with Gasteiger partial charge in [0.25, 0.3) is 0 Å². The molecule has 0 fully saturated rings. The summed E-state index contributed by atoms with van der Waals surface area (Å²) >= 11 is 5.96. The molecule has 4 nitrogen and oxygen atoms in total. The Kier molecular flexibility index (Phi) is 3.73. The first-order chi connectivity index (χ1) is 8.52. The van der Waals surface area contributed by atoms with Crippen LogP contribution in [-0.4, -0.2) is 25.0 Å². The molecule has 0 saturated heterocycles. The highest BCUT2D eigenvalue weighted by atomic mass is 35.5. The van der Waals surface area contributed by atoms with Crippen LogP contribution in [0.3, 0.4) is 0 Å². The van der Waals surface area contributed by atoms with E-state index in [-0.39, 0.29) is 11.6 Å². The zero-order valence-corrected chi connectivity index (χ0v) is 11.4. The third-order valence-electron chi connectivity index (χ3n) is 2.61. The molecule has 18 heavy (non-hydrogen) atoms. The van der Waals surface area contributed by atoms with Crippen molar-refractivity contribution in [3.8, 4) is 0 Å². The van der Waals surface area contributed by atoms with Crippen molar-refractivity contribution < 1.29 is 8.42 Å². The number of anilines is 1. The molecular weight excluding hydrogens is 272 g/mol. The summed E-state index contributed by atoms with van der Waals surface area (Å²) in [4.78, 5) is 4.15. The number of fused-ring (bicyclic) bond motifs is 1. The van der Waals surface area contributed by atoms with Gasteiger partial charge in [-0.3, -0.25) is 4.42 Å². The molecule has 0 N–H and O–H groups in total. The van der Waals surface area contributed by atoms with Crippen molar-refractivity contribution in [3.05, 3.63) is 36.5 Å². The van der Waals surface area contributed by atoms with E-state index < -0.39 is 9.84 Å². The highest BCUT2D eigenvalue weighted by Gasteiger charge is 2.15. The van der Waals surface area contributed by atoms with Crippen LogP contribution in [0.5, 0.6) is 0 Å². The van der Waals surface area contributed by atoms with E-state index in [1.54, 1.807) is 19.2 Å². The Bertz CT molecular complexity index is 658. The Morgan fingerprint density at radius 1 is 1.28 bits per heavy atom. The van der Waals surface area contributed by atoms with Crippen LogP contribution < -0.4 is 4.42 Å². The van der Waals surface area contributed by atoms with E-state index in [9.17, 15) is 8.42 Å². The number of aromatic nitrogens is 1. The number of nitrogens with zero attached hydrogens (tertiary/aromatic N) is 2. The van der Waals surface area contributed by atoms with Crippen LogP contribution in [0.4, 0.5) is 5.82 Å². The summed E-state index contributed by atoms with van der Waals surface area (Å²) in [5.41, 5.74) is 0. The second-order valence-electron chi connectivity index (χ2n) is 3.91. The minimum Gasteiger partial charge on any atom is -0.253 e. The molecule has 0 spiro atoms. The summed E-state index contributed by atoms with van der Waals surface area (Å²) in [5.74, 6) is 0.257. The van der Waals surface area contributed by atoms with Gasteiger partial charge in [0, 0.05) is 29.1 Å². The lowest BCUT2D eigenvalue weighted by Crippen LogP contribution is -2.23. The van der Waals surface area contributed by atoms with Crippen molar-refractivity contribution >= 4 is 38.2 Å². The van der Waals surface area contributed by atoms with E-state index in [2.05, 4.69) is 4.98 Å². The first-order valence-corrected chi connectivity index (χ1v) is 7.66. The van der Waals surface area contributed by atoms with Gasteiger partial charge >= 0.3 is 0 Å². The van der Waals surface area contributed by atoms with Gasteiger partial charge in [-0.15, -0.1) is 0 Å². The van der Waals surface area contributed by atoms with Crippen molar-refractivity contribution in [2.45, 2.75) is 6.92 Å². The van der Waals surface area contributed by atoms with Gasteiger partial charge in [0.05, 0.1) is 0 Å². The Hall–Kier alpha value is -1.33. The number of halogens is 1. The second-order valence-corrected chi connectivity index (χ2v) is 6.64. The Labute approximate surface area is 111 Å². The lowest BCUT2D eigenvalue weighted by molar-refractivity contribution is 0.597. The fourth-order valence-corrected chi connectivity index (χ4v) is 2.73. The summed E-state index contributed by atoms with van der Waals surface area (Å²) in [5, 5.41) is 1.96. The molecule has 96 valence electrons. The summed E-state index contributed by atoms with van der Waals surface area (Å²) in [6, 6.07) is 9.47. The van der Waals surface area contributed by atoms with Crippen molar-refractivity contribution in [2.75, 3.05) is 16.0 Å². The number of sulfone groups is 1. The lowest BCUT2D eigenvalue weighted by Gasteiger charge is -2.14. The minimum absolute atomic E-state index is 0.0593. The van der Waals surface area contributed by atoms with E-state index in [0.29, 0.717) is 5.82 Å². The van der Waals surface area contributed by atoms with E-state index in [0.717, 1.165) is 15.2 Å². The van der Waals surface area contributed by atoms with Gasteiger partial charge in [0.2, 0.25) is 0 Å². The van der Waals surface area contributed by atoms with Crippen LogP contribution >= 0.6 is 11.8 Å². The van der Waals surface area contributed by atoms with Crippen molar-refractivity contribution in [2.24, 2.45) is 0 Å². The number of benzene rings is 1. The Morgan fingerprint density at radius 2 is 1.94 bits per heavy atom. The van der Waals surface area contributed by atoms with E-state index >= 15 is 0 Å². The van der Waals surface area contributed by atoms with Crippen LogP contribution in [0.25, 0.3) is 10.8 Å². The average Bonchev–Trinajstić information content (AvgIpc) is 2.37. The van der Waals surface area contributed by atoms with E-state index in [1.807, 2.05) is 24.3 Å². The van der Waals surface area contributed by atoms with Gasteiger partial charge in [-0.25, -0.2) is 13.4 Å². The fraction of sp³-hybridized carbons (Fsp3) is 0.250. The number of rotatable bonds is 4.